The Morgan fingerprint density at radius 2 is 2.17 bits per heavy atom. The summed E-state index contributed by atoms with van der Waals surface area (Å²) in [5.74, 6) is -1.19. The van der Waals surface area contributed by atoms with Crippen LogP contribution in [0.15, 0.2) is 29.2 Å². The van der Waals surface area contributed by atoms with E-state index in [0.29, 0.717) is 0 Å². The molecule has 1 aromatic carbocycles. The number of hydrogen-bond donors (Lipinski definition) is 0. The minimum Gasteiger partial charge on any atom is -0.462 e. The zero-order chi connectivity index (χ0) is 13.3. The van der Waals surface area contributed by atoms with Crippen molar-refractivity contribution in [3.8, 4) is 0 Å². The number of esters is 1. The Hall–Kier alpha value is -2.17. The highest BCUT2D eigenvalue weighted by molar-refractivity contribution is 5.93. The number of aryl methyl sites for hydroxylation is 1. The molecule has 0 aliphatic heterocycles. The molecule has 0 saturated heterocycles. The van der Waals surface area contributed by atoms with E-state index in [1.807, 2.05) is 0 Å². The van der Waals surface area contributed by atoms with Crippen molar-refractivity contribution in [1.29, 1.82) is 0 Å². The number of hydrogen-bond acceptors (Lipinski definition) is 3. The molecule has 5 heteroatoms. The van der Waals surface area contributed by atoms with E-state index in [-0.39, 0.29) is 23.1 Å². The Balaban J connectivity index is 2.78. The zero-order valence-electron chi connectivity index (χ0n) is 10.1. The molecule has 0 N–H and O–H groups in total. The molecule has 0 spiro atoms. The first-order valence-electron chi connectivity index (χ1n) is 5.51. The number of ether oxygens (including phenoxy) is 1. The van der Waals surface area contributed by atoms with E-state index in [1.54, 1.807) is 14.0 Å². The first-order valence-corrected chi connectivity index (χ1v) is 5.51. The molecule has 0 unspecified atom stereocenters. The number of rotatable bonds is 2. The van der Waals surface area contributed by atoms with Gasteiger partial charge in [0.05, 0.1) is 12.1 Å². The molecule has 0 amide bonds. The molecule has 2 aromatic rings. The molecule has 0 saturated carbocycles. The molecule has 0 atom stereocenters. The largest absolute Gasteiger partial charge is 0.462 e. The van der Waals surface area contributed by atoms with Gasteiger partial charge in [-0.15, -0.1) is 0 Å². The molecule has 0 aliphatic carbocycles. The number of para-hydroxylation sites is 1. The van der Waals surface area contributed by atoms with Crippen molar-refractivity contribution in [3.63, 3.8) is 0 Å². The van der Waals surface area contributed by atoms with Crippen LogP contribution in [0.2, 0.25) is 0 Å². The summed E-state index contributed by atoms with van der Waals surface area (Å²) < 4.78 is 19.8. The Labute approximate surface area is 103 Å². The van der Waals surface area contributed by atoms with E-state index < -0.39 is 17.2 Å². The van der Waals surface area contributed by atoms with Gasteiger partial charge in [-0.3, -0.25) is 4.79 Å². The minimum absolute atomic E-state index is 0.0857. The van der Waals surface area contributed by atoms with E-state index >= 15 is 0 Å². The van der Waals surface area contributed by atoms with Crippen molar-refractivity contribution in [2.45, 2.75) is 6.92 Å². The summed E-state index contributed by atoms with van der Waals surface area (Å²) in [6.45, 7) is 1.84. The molecule has 0 radical (unpaired) electrons. The standard InChI is InChI=1S/C13H12FNO3/c1-3-18-13(17)9-7-15(2)11-8(12(9)16)5-4-6-10(11)14/h4-7H,3H2,1-2H3. The zero-order valence-corrected chi connectivity index (χ0v) is 10.1. The molecule has 0 fully saturated rings. The van der Waals surface area contributed by atoms with Crippen LogP contribution in [0.5, 0.6) is 0 Å². The van der Waals surface area contributed by atoms with Gasteiger partial charge in [-0.2, -0.15) is 0 Å². The summed E-state index contributed by atoms with van der Waals surface area (Å²) in [5, 5.41) is 0.169. The van der Waals surface area contributed by atoms with E-state index in [2.05, 4.69) is 0 Å². The van der Waals surface area contributed by atoms with Crippen molar-refractivity contribution in [2.24, 2.45) is 7.05 Å². The molecule has 18 heavy (non-hydrogen) atoms. The van der Waals surface area contributed by atoms with Crippen molar-refractivity contribution >= 4 is 16.9 Å². The molecule has 0 aliphatic rings. The van der Waals surface area contributed by atoms with E-state index in [1.165, 1.54) is 29.0 Å². The number of carbonyl (C=O) groups is 1. The number of benzene rings is 1. The van der Waals surface area contributed by atoms with Crippen LogP contribution in [0, 0.1) is 5.82 Å². The predicted octanol–water partition coefficient (Wildman–Crippen LogP) is 1.85. The first-order chi connectivity index (χ1) is 8.56. The predicted molar refractivity (Wildman–Crippen MR) is 65.1 cm³/mol. The highest BCUT2D eigenvalue weighted by Gasteiger charge is 2.16. The SMILES string of the molecule is CCOC(=O)c1cn(C)c2c(F)cccc2c1=O. The van der Waals surface area contributed by atoms with E-state index in [9.17, 15) is 14.0 Å². The monoisotopic (exact) mass is 249 g/mol. The van der Waals surface area contributed by atoms with Crippen molar-refractivity contribution < 1.29 is 13.9 Å². The normalized spacial score (nSPS) is 10.6. The Bertz CT molecular complexity index is 676. The maximum atomic E-state index is 13.6. The lowest BCUT2D eigenvalue weighted by molar-refractivity contribution is 0.0524. The molecular weight excluding hydrogens is 237 g/mol. The number of carbonyl (C=O) groups excluding carboxylic acids is 1. The van der Waals surface area contributed by atoms with Crippen LogP contribution in [-0.2, 0) is 11.8 Å². The van der Waals surface area contributed by atoms with Gasteiger partial charge in [0.25, 0.3) is 0 Å². The van der Waals surface area contributed by atoms with Crippen LogP contribution in [0.1, 0.15) is 17.3 Å². The first kappa shape index (κ1) is 12.3. The van der Waals surface area contributed by atoms with Gasteiger partial charge in [-0.25, -0.2) is 9.18 Å². The topological polar surface area (TPSA) is 48.3 Å². The summed E-state index contributed by atoms with van der Waals surface area (Å²) in [6, 6.07) is 4.20. The van der Waals surface area contributed by atoms with Gasteiger partial charge in [0, 0.05) is 18.6 Å². The lowest BCUT2D eigenvalue weighted by Crippen LogP contribution is -2.20. The number of nitrogens with zero attached hydrogens (tertiary/aromatic N) is 1. The van der Waals surface area contributed by atoms with Crippen LogP contribution in [0.4, 0.5) is 4.39 Å². The molecular formula is C13H12FNO3. The third kappa shape index (κ3) is 1.88. The van der Waals surface area contributed by atoms with Gasteiger partial charge in [-0.1, -0.05) is 6.07 Å². The van der Waals surface area contributed by atoms with Gasteiger partial charge in [-0.05, 0) is 19.1 Å². The van der Waals surface area contributed by atoms with Crippen LogP contribution < -0.4 is 5.43 Å². The van der Waals surface area contributed by atoms with Crippen LogP contribution in [0.25, 0.3) is 10.9 Å². The number of halogens is 1. The average Bonchev–Trinajstić information content (AvgIpc) is 2.33. The van der Waals surface area contributed by atoms with E-state index in [4.69, 9.17) is 4.74 Å². The van der Waals surface area contributed by atoms with E-state index in [0.717, 1.165) is 0 Å². The second kappa shape index (κ2) is 4.60. The summed E-state index contributed by atoms with van der Waals surface area (Å²) in [5.41, 5.74) is -0.422. The van der Waals surface area contributed by atoms with Gasteiger partial charge >= 0.3 is 5.97 Å². The molecule has 4 nitrogen and oxygen atoms in total. The van der Waals surface area contributed by atoms with Gasteiger partial charge in [0.2, 0.25) is 5.43 Å². The highest BCUT2D eigenvalue weighted by Crippen LogP contribution is 2.15. The summed E-state index contributed by atoms with van der Waals surface area (Å²) in [6.07, 6.45) is 1.30. The quantitative estimate of drug-likeness (QED) is 0.763. The smallest absolute Gasteiger partial charge is 0.343 e. The third-order valence-corrected chi connectivity index (χ3v) is 2.65. The lowest BCUT2D eigenvalue weighted by Gasteiger charge is -2.09. The van der Waals surface area contributed by atoms with Gasteiger partial charge in [0.1, 0.15) is 11.4 Å². The lowest BCUT2D eigenvalue weighted by atomic mass is 10.1. The fraction of sp³-hybridized carbons (Fsp3) is 0.231. The van der Waals surface area contributed by atoms with Crippen LogP contribution in [-0.4, -0.2) is 17.1 Å². The summed E-state index contributed by atoms with van der Waals surface area (Å²) in [7, 11) is 1.58. The number of fused-ring (bicyclic) bond motifs is 1. The van der Waals surface area contributed by atoms with Crippen molar-refractivity contribution in [3.05, 3.63) is 46.0 Å². The van der Waals surface area contributed by atoms with Crippen molar-refractivity contribution in [1.82, 2.24) is 4.57 Å². The maximum Gasteiger partial charge on any atom is 0.343 e. The molecule has 1 aromatic heterocycles. The number of aromatic nitrogens is 1. The minimum atomic E-state index is -0.690. The number of pyridine rings is 1. The fourth-order valence-electron chi connectivity index (χ4n) is 1.87. The molecule has 94 valence electrons. The second-order valence-electron chi connectivity index (χ2n) is 3.84. The molecule has 1 heterocycles. The molecule has 0 bridgehead atoms. The summed E-state index contributed by atoms with van der Waals surface area (Å²) in [4.78, 5) is 23.7. The van der Waals surface area contributed by atoms with Crippen LogP contribution in [0.3, 0.4) is 0 Å². The van der Waals surface area contributed by atoms with Crippen molar-refractivity contribution in [2.75, 3.05) is 6.61 Å². The van der Waals surface area contributed by atoms with Gasteiger partial charge in [0.15, 0.2) is 0 Å². The Morgan fingerprint density at radius 3 is 2.83 bits per heavy atom. The Kier molecular flexibility index (Phi) is 3.14. The maximum absolute atomic E-state index is 13.6. The van der Waals surface area contributed by atoms with Gasteiger partial charge < -0.3 is 9.30 Å². The average molecular weight is 249 g/mol. The third-order valence-electron chi connectivity index (χ3n) is 2.65. The molecule has 2 rings (SSSR count). The Morgan fingerprint density at radius 1 is 1.44 bits per heavy atom. The second-order valence-corrected chi connectivity index (χ2v) is 3.84. The summed E-state index contributed by atoms with van der Waals surface area (Å²) >= 11 is 0. The van der Waals surface area contributed by atoms with Crippen LogP contribution >= 0.6 is 0 Å². The fourth-order valence-corrected chi connectivity index (χ4v) is 1.87. The highest BCUT2D eigenvalue weighted by atomic mass is 19.1.